The Bertz CT molecular complexity index is 384. The Morgan fingerprint density at radius 2 is 2.14 bits per heavy atom. The number of aromatic nitrogens is 1. The Balaban J connectivity index is 3.31. The van der Waals surface area contributed by atoms with Gasteiger partial charge < -0.3 is 5.73 Å². The van der Waals surface area contributed by atoms with E-state index in [0.29, 0.717) is 0 Å². The summed E-state index contributed by atoms with van der Waals surface area (Å²) in [5.74, 6) is -0.357. The lowest BCUT2D eigenvalue weighted by molar-refractivity contribution is 0.108. The van der Waals surface area contributed by atoms with Crippen molar-refractivity contribution in [2.24, 2.45) is 0 Å². The van der Waals surface area contributed by atoms with Gasteiger partial charge in [0.2, 0.25) is 0 Å². The Labute approximate surface area is 87.8 Å². The first-order valence-electron chi connectivity index (χ1n) is 3.37. The second-order valence-electron chi connectivity index (χ2n) is 2.36. The molecule has 0 saturated heterocycles. The maximum Gasteiger partial charge on any atom is 0.281 e. The molecule has 0 radical (unpaired) electrons. The van der Waals surface area contributed by atoms with E-state index in [2.05, 4.69) is 4.98 Å². The molecule has 7 heteroatoms. The van der Waals surface area contributed by atoms with Gasteiger partial charge in [-0.2, -0.15) is 0 Å². The Hall–Kier alpha value is -0.940. The molecule has 0 fully saturated rings. The van der Waals surface area contributed by atoms with Crippen molar-refractivity contribution in [3.63, 3.8) is 0 Å². The summed E-state index contributed by atoms with van der Waals surface area (Å²) < 4.78 is 24.4. The number of halogens is 4. The van der Waals surface area contributed by atoms with Crippen LogP contribution in [0, 0.1) is 0 Å². The summed E-state index contributed by atoms with van der Waals surface area (Å²) >= 11 is 10.5. The Morgan fingerprint density at radius 1 is 1.57 bits per heavy atom. The summed E-state index contributed by atoms with van der Waals surface area (Å²) in [7, 11) is 0. The number of nitrogen functional groups attached to an aromatic ring is 1. The van der Waals surface area contributed by atoms with Crippen molar-refractivity contribution in [1.82, 2.24) is 4.98 Å². The number of hydrogen-bond acceptors (Lipinski definition) is 3. The van der Waals surface area contributed by atoms with Crippen LogP contribution < -0.4 is 5.73 Å². The second kappa shape index (κ2) is 4.06. The van der Waals surface area contributed by atoms with Crippen molar-refractivity contribution in [2.45, 2.75) is 6.43 Å². The topological polar surface area (TPSA) is 56.0 Å². The number of pyridine rings is 1. The van der Waals surface area contributed by atoms with Crippen LogP contribution in [0.4, 0.5) is 14.6 Å². The van der Waals surface area contributed by atoms with E-state index in [1.54, 1.807) is 0 Å². The minimum absolute atomic E-state index is 0.180. The molecule has 14 heavy (non-hydrogen) atoms. The van der Waals surface area contributed by atoms with Crippen molar-refractivity contribution >= 4 is 34.3 Å². The van der Waals surface area contributed by atoms with Gasteiger partial charge in [-0.25, -0.2) is 13.8 Å². The maximum atomic E-state index is 12.2. The van der Waals surface area contributed by atoms with Crippen LogP contribution in [0.1, 0.15) is 22.5 Å². The molecule has 1 rings (SSSR count). The van der Waals surface area contributed by atoms with Crippen LogP contribution in [0.15, 0.2) is 6.07 Å². The van der Waals surface area contributed by atoms with Crippen LogP contribution in [0.25, 0.3) is 0 Å². The first-order chi connectivity index (χ1) is 6.43. The van der Waals surface area contributed by atoms with Crippen LogP contribution in [0.2, 0.25) is 5.02 Å². The van der Waals surface area contributed by atoms with Crippen LogP contribution >= 0.6 is 23.2 Å². The third-order valence-electron chi connectivity index (χ3n) is 1.45. The number of nitrogens with two attached hydrogens (primary N) is 1. The lowest BCUT2D eigenvalue weighted by Crippen LogP contribution is -2.04. The molecule has 0 amide bonds. The number of rotatable bonds is 2. The molecule has 0 aliphatic heterocycles. The molecule has 3 nitrogen and oxygen atoms in total. The Morgan fingerprint density at radius 3 is 2.57 bits per heavy atom. The van der Waals surface area contributed by atoms with Gasteiger partial charge >= 0.3 is 0 Å². The van der Waals surface area contributed by atoms with Crippen molar-refractivity contribution in [3.8, 4) is 0 Å². The van der Waals surface area contributed by atoms with E-state index in [4.69, 9.17) is 28.9 Å². The van der Waals surface area contributed by atoms with Crippen LogP contribution in [-0.4, -0.2) is 10.2 Å². The minimum atomic E-state index is -2.84. The largest absolute Gasteiger partial charge is 0.383 e. The summed E-state index contributed by atoms with van der Waals surface area (Å²) in [6.07, 6.45) is -2.84. The fraction of sp³-hybridized carbons (Fsp3) is 0.143. The quantitative estimate of drug-likeness (QED) is 0.809. The second-order valence-corrected chi connectivity index (χ2v) is 3.11. The first-order valence-corrected chi connectivity index (χ1v) is 4.13. The standard InChI is InChI=1S/C7H4Cl2F2N2O/c8-3-1-2(5(9)14)7(12)13-4(3)6(10)11/h1,6H,(H2,12,13). The van der Waals surface area contributed by atoms with Gasteiger partial charge in [0, 0.05) is 0 Å². The highest BCUT2D eigenvalue weighted by Gasteiger charge is 2.18. The van der Waals surface area contributed by atoms with Gasteiger partial charge in [0.15, 0.2) is 0 Å². The molecular formula is C7H4Cl2F2N2O. The fourth-order valence-electron chi connectivity index (χ4n) is 0.828. The zero-order valence-electron chi connectivity index (χ0n) is 6.60. The van der Waals surface area contributed by atoms with Crippen molar-refractivity contribution in [3.05, 3.63) is 22.3 Å². The molecule has 0 aliphatic rings. The monoisotopic (exact) mass is 240 g/mol. The van der Waals surface area contributed by atoms with Crippen molar-refractivity contribution in [2.75, 3.05) is 5.73 Å². The molecule has 1 aromatic heterocycles. The summed E-state index contributed by atoms with van der Waals surface area (Å²) in [6.45, 7) is 0. The molecule has 2 N–H and O–H groups in total. The van der Waals surface area contributed by atoms with Gasteiger partial charge in [-0.3, -0.25) is 4.79 Å². The molecule has 76 valence electrons. The molecule has 0 aliphatic carbocycles. The van der Waals surface area contributed by atoms with Crippen molar-refractivity contribution < 1.29 is 13.6 Å². The number of alkyl halides is 2. The molecule has 0 unspecified atom stereocenters. The number of nitrogens with zero attached hydrogens (tertiary/aromatic N) is 1. The van der Waals surface area contributed by atoms with Gasteiger partial charge in [0.05, 0.1) is 10.6 Å². The lowest BCUT2D eigenvalue weighted by atomic mass is 10.2. The zero-order chi connectivity index (χ0) is 10.9. The molecule has 0 aromatic carbocycles. The van der Waals surface area contributed by atoms with Gasteiger partial charge in [0.25, 0.3) is 11.7 Å². The predicted molar refractivity (Wildman–Crippen MR) is 48.8 cm³/mol. The van der Waals surface area contributed by atoms with Crippen LogP contribution in [0.5, 0.6) is 0 Å². The van der Waals surface area contributed by atoms with E-state index in [1.165, 1.54) is 0 Å². The summed E-state index contributed by atoms with van der Waals surface area (Å²) in [5.41, 5.74) is 4.38. The molecule has 1 aromatic rings. The fourth-order valence-corrected chi connectivity index (χ4v) is 1.21. The van der Waals surface area contributed by atoms with E-state index in [9.17, 15) is 13.6 Å². The van der Waals surface area contributed by atoms with E-state index in [0.717, 1.165) is 6.07 Å². The van der Waals surface area contributed by atoms with Crippen LogP contribution in [0.3, 0.4) is 0 Å². The molecular weight excluding hydrogens is 237 g/mol. The normalized spacial score (nSPS) is 10.6. The summed E-state index contributed by atoms with van der Waals surface area (Å²) in [4.78, 5) is 14.0. The number of carbonyl (C=O) groups is 1. The minimum Gasteiger partial charge on any atom is -0.383 e. The van der Waals surface area contributed by atoms with Gasteiger partial charge in [-0.1, -0.05) is 11.6 Å². The summed E-state index contributed by atoms with van der Waals surface area (Å²) in [5, 5.41) is -1.23. The highest BCUT2D eigenvalue weighted by Crippen LogP contribution is 2.28. The van der Waals surface area contributed by atoms with E-state index in [1.807, 2.05) is 0 Å². The average molecular weight is 241 g/mol. The third-order valence-corrected chi connectivity index (χ3v) is 1.96. The molecule has 0 saturated carbocycles. The maximum absolute atomic E-state index is 12.2. The SMILES string of the molecule is Nc1nc(C(F)F)c(Cl)cc1C(=O)Cl. The van der Waals surface area contributed by atoms with E-state index >= 15 is 0 Å². The Kier molecular flexibility index (Phi) is 3.23. The smallest absolute Gasteiger partial charge is 0.281 e. The molecule has 1 heterocycles. The van der Waals surface area contributed by atoms with E-state index in [-0.39, 0.29) is 16.4 Å². The van der Waals surface area contributed by atoms with Gasteiger partial charge in [0.1, 0.15) is 11.5 Å². The van der Waals surface area contributed by atoms with E-state index < -0.39 is 17.4 Å². The van der Waals surface area contributed by atoms with Gasteiger partial charge in [-0.05, 0) is 17.7 Å². The highest BCUT2D eigenvalue weighted by atomic mass is 35.5. The van der Waals surface area contributed by atoms with Gasteiger partial charge in [-0.15, -0.1) is 0 Å². The third kappa shape index (κ3) is 2.10. The average Bonchev–Trinajstić information content (AvgIpc) is 2.07. The summed E-state index contributed by atoms with van der Waals surface area (Å²) in [6, 6.07) is 0.973. The number of anilines is 1. The number of carbonyl (C=O) groups excluding carboxylic acids is 1. The molecule has 0 bridgehead atoms. The van der Waals surface area contributed by atoms with Crippen LogP contribution in [-0.2, 0) is 0 Å². The van der Waals surface area contributed by atoms with Crippen molar-refractivity contribution in [1.29, 1.82) is 0 Å². The highest BCUT2D eigenvalue weighted by molar-refractivity contribution is 6.68. The lowest BCUT2D eigenvalue weighted by Gasteiger charge is -2.05. The predicted octanol–water partition coefficient (Wildman–Crippen LogP) is 2.63. The zero-order valence-corrected chi connectivity index (χ0v) is 8.11. The first kappa shape index (κ1) is 11.1. The molecule has 0 atom stereocenters. The number of hydrogen-bond donors (Lipinski definition) is 1. The molecule has 0 spiro atoms.